The van der Waals surface area contributed by atoms with Gasteiger partial charge in [0.05, 0.1) is 25.3 Å². The first-order valence-corrected chi connectivity index (χ1v) is 6.26. The molecule has 0 aromatic heterocycles. The third-order valence-electron chi connectivity index (χ3n) is 3.13. The van der Waals surface area contributed by atoms with E-state index in [1.54, 1.807) is 0 Å². The number of hydrogen-bond donors (Lipinski definition) is 1. The van der Waals surface area contributed by atoms with Crippen LogP contribution >= 0.6 is 0 Å². The zero-order valence-electron chi connectivity index (χ0n) is 10.4. The summed E-state index contributed by atoms with van der Waals surface area (Å²) in [5.74, 6) is 0. The highest BCUT2D eigenvalue weighted by Gasteiger charge is 2.21. The first kappa shape index (κ1) is 13.4. The summed E-state index contributed by atoms with van der Waals surface area (Å²) in [6, 6.07) is 2.83. The molecule has 0 saturated carbocycles. The van der Waals surface area contributed by atoms with Crippen LogP contribution in [0.3, 0.4) is 0 Å². The average Bonchev–Trinajstić information content (AvgIpc) is 2.34. The van der Waals surface area contributed by atoms with E-state index in [-0.39, 0.29) is 6.04 Å². The first-order chi connectivity index (χ1) is 7.81. The fourth-order valence-corrected chi connectivity index (χ4v) is 2.11. The van der Waals surface area contributed by atoms with Crippen molar-refractivity contribution in [2.75, 3.05) is 32.8 Å². The maximum atomic E-state index is 8.95. The summed E-state index contributed by atoms with van der Waals surface area (Å²) in [6.45, 7) is 8.75. The van der Waals surface area contributed by atoms with Crippen molar-refractivity contribution in [3.63, 3.8) is 0 Å². The lowest BCUT2D eigenvalue weighted by molar-refractivity contribution is -0.00944. The molecule has 4 nitrogen and oxygen atoms in total. The highest BCUT2D eigenvalue weighted by Crippen LogP contribution is 2.11. The Kier molecular flexibility index (Phi) is 6.39. The largest absolute Gasteiger partial charge is 0.378 e. The number of morpholine rings is 1. The molecular formula is C12H23N3O. The molecule has 1 N–H and O–H groups in total. The molecular weight excluding hydrogens is 202 g/mol. The fourth-order valence-electron chi connectivity index (χ4n) is 2.11. The molecule has 2 atom stereocenters. The predicted octanol–water partition coefficient (Wildman–Crippen LogP) is 0.989. The summed E-state index contributed by atoms with van der Waals surface area (Å²) in [6.07, 6.45) is 2.03. The van der Waals surface area contributed by atoms with Gasteiger partial charge in [-0.25, -0.2) is 0 Å². The Morgan fingerprint density at radius 3 is 3.00 bits per heavy atom. The molecule has 1 aliphatic heterocycles. The van der Waals surface area contributed by atoms with E-state index in [1.807, 2.05) is 6.92 Å². The van der Waals surface area contributed by atoms with Gasteiger partial charge in [0, 0.05) is 19.1 Å². The van der Waals surface area contributed by atoms with Crippen LogP contribution in [0.15, 0.2) is 0 Å². The van der Waals surface area contributed by atoms with E-state index in [1.165, 1.54) is 0 Å². The van der Waals surface area contributed by atoms with Crippen molar-refractivity contribution in [2.24, 2.45) is 0 Å². The molecule has 1 heterocycles. The molecule has 1 aliphatic rings. The van der Waals surface area contributed by atoms with E-state index >= 15 is 0 Å². The zero-order chi connectivity index (χ0) is 11.8. The van der Waals surface area contributed by atoms with Crippen molar-refractivity contribution in [1.29, 1.82) is 5.26 Å². The summed E-state index contributed by atoms with van der Waals surface area (Å²) in [5, 5.41) is 12.1. The van der Waals surface area contributed by atoms with Gasteiger partial charge < -0.3 is 10.1 Å². The molecule has 0 radical (unpaired) electrons. The lowest BCUT2D eigenvalue weighted by Gasteiger charge is -2.35. The number of rotatable bonds is 6. The highest BCUT2D eigenvalue weighted by molar-refractivity contribution is 4.90. The molecule has 0 aromatic carbocycles. The van der Waals surface area contributed by atoms with E-state index in [9.17, 15) is 0 Å². The highest BCUT2D eigenvalue weighted by atomic mass is 16.5. The van der Waals surface area contributed by atoms with Crippen LogP contribution in [-0.2, 0) is 4.74 Å². The normalized spacial score (nSPS) is 23.9. The van der Waals surface area contributed by atoms with Gasteiger partial charge in [-0.1, -0.05) is 13.8 Å². The third kappa shape index (κ3) is 4.09. The van der Waals surface area contributed by atoms with E-state index in [0.29, 0.717) is 6.04 Å². The number of nitriles is 1. The van der Waals surface area contributed by atoms with E-state index in [0.717, 1.165) is 45.7 Å². The molecule has 0 bridgehead atoms. The minimum atomic E-state index is -0.00893. The van der Waals surface area contributed by atoms with Gasteiger partial charge >= 0.3 is 0 Å². The van der Waals surface area contributed by atoms with E-state index in [4.69, 9.17) is 10.00 Å². The van der Waals surface area contributed by atoms with Crippen molar-refractivity contribution < 1.29 is 4.74 Å². The second-order valence-electron chi connectivity index (χ2n) is 4.20. The molecule has 92 valence electrons. The van der Waals surface area contributed by atoms with Crippen LogP contribution in [0.4, 0.5) is 0 Å². The Labute approximate surface area is 98.6 Å². The maximum absolute atomic E-state index is 8.95. The van der Waals surface area contributed by atoms with Crippen LogP contribution in [0.2, 0.25) is 0 Å². The molecule has 0 aliphatic carbocycles. The van der Waals surface area contributed by atoms with Gasteiger partial charge in [-0.15, -0.1) is 0 Å². The zero-order valence-corrected chi connectivity index (χ0v) is 10.4. The standard InChI is InChI=1S/C12H23N3O/c1-3-12-10-16-8-7-15(12)6-5-11(9-13)14-4-2/h11-12,14H,3-8,10H2,1-2H3. The van der Waals surface area contributed by atoms with E-state index in [2.05, 4.69) is 23.2 Å². The SMILES string of the molecule is CCNC(C#N)CCN1CCOCC1CC. The van der Waals surface area contributed by atoms with Crippen LogP contribution in [0.25, 0.3) is 0 Å². The van der Waals surface area contributed by atoms with Crippen molar-refractivity contribution in [3.05, 3.63) is 0 Å². The fraction of sp³-hybridized carbons (Fsp3) is 0.917. The molecule has 0 spiro atoms. The third-order valence-corrected chi connectivity index (χ3v) is 3.13. The Bertz CT molecular complexity index is 227. The second kappa shape index (κ2) is 7.61. The van der Waals surface area contributed by atoms with Crippen LogP contribution < -0.4 is 5.32 Å². The summed E-state index contributed by atoms with van der Waals surface area (Å²) in [4.78, 5) is 2.45. The van der Waals surface area contributed by atoms with Crippen LogP contribution in [0.5, 0.6) is 0 Å². The topological polar surface area (TPSA) is 48.3 Å². The Morgan fingerprint density at radius 1 is 1.56 bits per heavy atom. The monoisotopic (exact) mass is 225 g/mol. The second-order valence-corrected chi connectivity index (χ2v) is 4.20. The number of ether oxygens (including phenoxy) is 1. The minimum Gasteiger partial charge on any atom is -0.378 e. The molecule has 0 amide bonds. The number of nitrogens with zero attached hydrogens (tertiary/aromatic N) is 2. The summed E-state index contributed by atoms with van der Waals surface area (Å²) in [5.41, 5.74) is 0. The van der Waals surface area contributed by atoms with Crippen molar-refractivity contribution in [1.82, 2.24) is 10.2 Å². The van der Waals surface area contributed by atoms with Crippen molar-refractivity contribution in [2.45, 2.75) is 38.8 Å². The number of hydrogen-bond acceptors (Lipinski definition) is 4. The number of nitrogens with one attached hydrogen (secondary N) is 1. The summed E-state index contributed by atoms with van der Waals surface area (Å²) < 4.78 is 5.46. The Balaban J connectivity index is 2.31. The van der Waals surface area contributed by atoms with Gasteiger partial charge in [0.15, 0.2) is 0 Å². The summed E-state index contributed by atoms with van der Waals surface area (Å²) >= 11 is 0. The summed E-state index contributed by atoms with van der Waals surface area (Å²) in [7, 11) is 0. The quantitative estimate of drug-likeness (QED) is 0.732. The smallest absolute Gasteiger partial charge is 0.0965 e. The molecule has 2 unspecified atom stereocenters. The van der Waals surface area contributed by atoms with E-state index < -0.39 is 0 Å². The van der Waals surface area contributed by atoms with Crippen LogP contribution in [0.1, 0.15) is 26.7 Å². The van der Waals surface area contributed by atoms with Gasteiger partial charge in [-0.2, -0.15) is 5.26 Å². The average molecular weight is 225 g/mol. The molecule has 1 fully saturated rings. The van der Waals surface area contributed by atoms with Crippen LogP contribution in [0, 0.1) is 11.3 Å². The van der Waals surface area contributed by atoms with Gasteiger partial charge in [0.1, 0.15) is 0 Å². The molecule has 1 saturated heterocycles. The molecule has 0 aromatic rings. The Hall–Kier alpha value is -0.630. The van der Waals surface area contributed by atoms with Crippen LogP contribution in [-0.4, -0.2) is 49.8 Å². The van der Waals surface area contributed by atoms with Gasteiger partial charge in [-0.05, 0) is 19.4 Å². The van der Waals surface area contributed by atoms with Crippen molar-refractivity contribution >= 4 is 0 Å². The first-order valence-electron chi connectivity index (χ1n) is 6.26. The lowest BCUT2D eigenvalue weighted by Crippen LogP contribution is -2.46. The lowest BCUT2D eigenvalue weighted by atomic mass is 10.1. The Morgan fingerprint density at radius 2 is 2.38 bits per heavy atom. The van der Waals surface area contributed by atoms with Gasteiger partial charge in [-0.3, -0.25) is 4.90 Å². The van der Waals surface area contributed by atoms with Gasteiger partial charge in [0.2, 0.25) is 0 Å². The molecule has 1 rings (SSSR count). The van der Waals surface area contributed by atoms with Gasteiger partial charge in [0.25, 0.3) is 0 Å². The minimum absolute atomic E-state index is 0.00893. The predicted molar refractivity (Wildman–Crippen MR) is 64.2 cm³/mol. The molecule has 16 heavy (non-hydrogen) atoms. The molecule has 4 heteroatoms. The maximum Gasteiger partial charge on any atom is 0.0965 e. The van der Waals surface area contributed by atoms with Crippen molar-refractivity contribution in [3.8, 4) is 6.07 Å².